The van der Waals surface area contributed by atoms with Crippen LogP contribution in [0.15, 0.2) is 46.9 Å². The lowest BCUT2D eigenvalue weighted by atomic mass is 10.1. The minimum Gasteiger partial charge on any atom is -0.482 e. The Kier molecular flexibility index (Phi) is 7.38. The molecule has 0 aliphatic heterocycles. The number of halogens is 2. The molecule has 2 aromatic rings. The van der Waals surface area contributed by atoms with Crippen molar-refractivity contribution in [2.24, 2.45) is 0 Å². The van der Waals surface area contributed by atoms with Gasteiger partial charge < -0.3 is 4.74 Å². The number of ether oxygens (including phenoxy) is 1. The molecule has 26 heavy (non-hydrogen) atoms. The maximum atomic E-state index is 12.1. The Morgan fingerprint density at radius 1 is 1.19 bits per heavy atom. The number of hydrazine groups is 1. The van der Waals surface area contributed by atoms with Gasteiger partial charge in [-0.15, -0.1) is 0 Å². The summed E-state index contributed by atoms with van der Waals surface area (Å²) < 4.78 is 6.10. The second-order valence-corrected chi connectivity index (χ2v) is 6.81. The molecule has 9 heteroatoms. The van der Waals surface area contributed by atoms with E-state index in [9.17, 15) is 9.59 Å². The normalized spacial score (nSPS) is 9.96. The number of carbonyl (C=O) groups is 2. The smallest absolute Gasteiger partial charge is 0.276 e. The van der Waals surface area contributed by atoms with Crippen LogP contribution in [0.4, 0.5) is 0 Å². The van der Waals surface area contributed by atoms with E-state index in [1.165, 1.54) is 0 Å². The summed E-state index contributed by atoms with van der Waals surface area (Å²) in [7, 11) is 0. The van der Waals surface area contributed by atoms with Gasteiger partial charge in [0.15, 0.2) is 11.7 Å². The van der Waals surface area contributed by atoms with Crippen molar-refractivity contribution in [1.82, 2.24) is 16.2 Å². The van der Waals surface area contributed by atoms with Gasteiger partial charge in [-0.05, 0) is 49.0 Å². The zero-order valence-electron chi connectivity index (χ0n) is 13.6. The Hall–Kier alpha value is -2.16. The summed E-state index contributed by atoms with van der Waals surface area (Å²) in [6.07, 6.45) is 0. The summed E-state index contributed by atoms with van der Waals surface area (Å²) in [6, 6.07) is 12.0. The first kappa shape index (κ1) is 20.2. The fourth-order valence-corrected chi connectivity index (χ4v) is 2.52. The minimum atomic E-state index is -0.486. The second kappa shape index (κ2) is 9.51. The predicted molar refractivity (Wildman–Crippen MR) is 107 cm³/mol. The quantitative estimate of drug-likeness (QED) is 0.487. The first-order valence-electron chi connectivity index (χ1n) is 7.40. The average molecular weight is 457 g/mol. The number of hydrogen-bond acceptors (Lipinski definition) is 4. The Morgan fingerprint density at radius 3 is 2.62 bits per heavy atom. The molecule has 0 spiro atoms. The molecule has 0 aliphatic carbocycles. The molecule has 0 bridgehead atoms. The number of nitrogens with one attached hydrogen (secondary N) is 3. The van der Waals surface area contributed by atoms with Crippen molar-refractivity contribution >= 4 is 56.7 Å². The molecule has 136 valence electrons. The van der Waals surface area contributed by atoms with E-state index in [4.69, 9.17) is 28.6 Å². The van der Waals surface area contributed by atoms with Crippen LogP contribution in [0.25, 0.3) is 0 Å². The Balaban J connectivity index is 1.77. The maximum absolute atomic E-state index is 12.1. The molecule has 0 aliphatic rings. The number of rotatable bonds is 4. The number of amides is 2. The van der Waals surface area contributed by atoms with Crippen molar-refractivity contribution in [2.75, 3.05) is 6.61 Å². The maximum Gasteiger partial charge on any atom is 0.276 e. The third-order valence-corrected chi connectivity index (χ3v) is 4.54. The van der Waals surface area contributed by atoms with Gasteiger partial charge >= 0.3 is 0 Å². The van der Waals surface area contributed by atoms with Crippen LogP contribution >= 0.6 is 39.7 Å². The molecule has 6 nitrogen and oxygen atoms in total. The fourth-order valence-electron chi connectivity index (χ4n) is 1.81. The van der Waals surface area contributed by atoms with Gasteiger partial charge in [0.2, 0.25) is 0 Å². The van der Waals surface area contributed by atoms with Crippen LogP contribution in [0.2, 0.25) is 5.02 Å². The van der Waals surface area contributed by atoms with Crippen molar-refractivity contribution < 1.29 is 14.3 Å². The summed E-state index contributed by atoms with van der Waals surface area (Å²) >= 11 is 14.3. The molecule has 2 amide bonds. The highest BCUT2D eigenvalue weighted by molar-refractivity contribution is 9.10. The molecule has 0 atom stereocenters. The van der Waals surface area contributed by atoms with Gasteiger partial charge in [-0.3, -0.25) is 25.8 Å². The molecule has 2 aromatic carbocycles. The topological polar surface area (TPSA) is 79.5 Å². The summed E-state index contributed by atoms with van der Waals surface area (Å²) in [5, 5.41) is 2.82. The molecule has 0 saturated carbocycles. The molecule has 0 radical (unpaired) electrons. The minimum absolute atomic E-state index is 0.0437. The first-order chi connectivity index (χ1) is 12.4. The van der Waals surface area contributed by atoms with E-state index < -0.39 is 11.8 Å². The largest absolute Gasteiger partial charge is 0.482 e. The lowest BCUT2D eigenvalue weighted by Crippen LogP contribution is -2.49. The average Bonchev–Trinajstić information content (AvgIpc) is 2.61. The van der Waals surface area contributed by atoms with Gasteiger partial charge in [-0.2, -0.15) is 0 Å². The highest BCUT2D eigenvalue weighted by Crippen LogP contribution is 2.22. The lowest BCUT2D eigenvalue weighted by Gasteiger charge is -2.12. The number of aryl methyl sites for hydroxylation is 1. The molecule has 0 fully saturated rings. The first-order valence-corrected chi connectivity index (χ1v) is 8.98. The van der Waals surface area contributed by atoms with Crippen LogP contribution < -0.4 is 20.9 Å². The molecule has 0 heterocycles. The standard InChI is InChI=1S/C17H15BrClN3O3S/c1-10-6-7-11(8-12(10)18)16(24)20-17(26)22-21-15(23)9-25-14-5-3-2-4-13(14)19/h2-8H,9H2,1H3,(H,21,23)(H2,20,22,24,26). The van der Waals surface area contributed by atoms with Crippen LogP contribution in [0, 0.1) is 6.92 Å². The SMILES string of the molecule is Cc1ccc(C(=O)NC(=S)NNC(=O)COc2ccccc2Cl)cc1Br. The van der Waals surface area contributed by atoms with Gasteiger partial charge in [-0.25, -0.2) is 0 Å². The lowest BCUT2D eigenvalue weighted by molar-refractivity contribution is -0.123. The van der Waals surface area contributed by atoms with Crippen molar-refractivity contribution in [2.45, 2.75) is 6.92 Å². The van der Waals surface area contributed by atoms with E-state index in [-0.39, 0.29) is 11.7 Å². The van der Waals surface area contributed by atoms with Crippen molar-refractivity contribution in [1.29, 1.82) is 0 Å². The molecule has 0 unspecified atom stereocenters. The zero-order chi connectivity index (χ0) is 19.1. The van der Waals surface area contributed by atoms with Crippen molar-refractivity contribution in [3.63, 3.8) is 0 Å². The number of para-hydroxylation sites is 1. The highest BCUT2D eigenvalue weighted by Gasteiger charge is 2.10. The van der Waals surface area contributed by atoms with Gasteiger partial charge in [0.25, 0.3) is 11.8 Å². The summed E-state index contributed by atoms with van der Waals surface area (Å²) in [6.45, 7) is 1.65. The van der Waals surface area contributed by atoms with E-state index in [0.29, 0.717) is 16.3 Å². The summed E-state index contributed by atoms with van der Waals surface area (Å²) in [5.74, 6) is -0.491. The van der Waals surface area contributed by atoms with Crippen LogP contribution in [0.3, 0.4) is 0 Å². The van der Waals surface area contributed by atoms with E-state index >= 15 is 0 Å². The monoisotopic (exact) mass is 455 g/mol. The van der Waals surface area contributed by atoms with Crippen LogP contribution in [-0.4, -0.2) is 23.5 Å². The zero-order valence-corrected chi connectivity index (χ0v) is 16.8. The number of carbonyl (C=O) groups excluding carboxylic acids is 2. The molecular formula is C17H15BrClN3O3S. The van der Waals surface area contributed by atoms with Crippen molar-refractivity contribution in [3.8, 4) is 5.75 Å². The van der Waals surface area contributed by atoms with E-state index in [2.05, 4.69) is 32.1 Å². The molecular weight excluding hydrogens is 442 g/mol. The van der Waals surface area contributed by atoms with Gasteiger partial charge in [0.05, 0.1) is 5.02 Å². The Labute approximate surface area is 169 Å². The summed E-state index contributed by atoms with van der Waals surface area (Å²) in [5.41, 5.74) is 6.20. The predicted octanol–water partition coefficient (Wildman–Crippen LogP) is 3.13. The molecule has 3 N–H and O–H groups in total. The fraction of sp³-hybridized carbons (Fsp3) is 0.118. The van der Waals surface area contributed by atoms with Crippen LogP contribution in [-0.2, 0) is 4.79 Å². The van der Waals surface area contributed by atoms with E-state index in [1.807, 2.05) is 13.0 Å². The Bertz CT molecular complexity index is 848. The molecule has 0 aromatic heterocycles. The van der Waals surface area contributed by atoms with Gasteiger partial charge in [0.1, 0.15) is 5.75 Å². The van der Waals surface area contributed by atoms with Crippen LogP contribution in [0.1, 0.15) is 15.9 Å². The molecule has 0 saturated heterocycles. The van der Waals surface area contributed by atoms with Crippen molar-refractivity contribution in [3.05, 3.63) is 63.1 Å². The molecule has 2 rings (SSSR count). The van der Waals surface area contributed by atoms with Gasteiger partial charge in [0, 0.05) is 10.0 Å². The number of thiocarbonyl (C=S) groups is 1. The second-order valence-electron chi connectivity index (χ2n) is 5.14. The van der Waals surface area contributed by atoms with Gasteiger partial charge in [-0.1, -0.05) is 45.7 Å². The van der Waals surface area contributed by atoms with Crippen LogP contribution in [0.5, 0.6) is 5.75 Å². The number of hydrogen-bond donors (Lipinski definition) is 3. The number of benzene rings is 2. The third-order valence-electron chi connectivity index (χ3n) is 3.17. The summed E-state index contributed by atoms with van der Waals surface area (Å²) in [4.78, 5) is 23.8. The van der Waals surface area contributed by atoms with E-state index in [1.54, 1.807) is 36.4 Å². The Morgan fingerprint density at radius 2 is 1.92 bits per heavy atom. The highest BCUT2D eigenvalue weighted by atomic mass is 79.9. The van der Waals surface area contributed by atoms with E-state index in [0.717, 1.165) is 10.0 Å². The third kappa shape index (κ3) is 5.98.